The van der Waals surface area contributed by atoms with Crippen molar-refractivity contribution in [1.82, 2.24) is 4.98 Å². The molecule has 0 aliphatic rings. The number of aromatic nitrogens is 1. The average molecular weight is 265 g/mol. The number of hydrogen-bond acceptors (Lipinski definition) is 2. The van der Waals surface area contributed by atoms with E-state index >= 15 is 0 Å². The van der Waals surface area contributed by atoms with Crippen molar-refractivity contribution in [3.05, 3.63) is 57.7 Å². The van der Waals surface area contributed by atoms with Gasteiger partial charge < -0.3 is 5.73 Å². The van der Waals surface area contributed by atoms with E-state index in [0.717, 1.165) is 11.1 Å². The van der Waals surface area contributed by atoms with Crippen molar-refractivity contribution in [2.75, 3.05) is 5.73 Å². The summed E-state index contributed by atoms with van der Waals surface area (Å²) in [6.07, 6.45) is 5.55. The van der Waals surface area contributed by atoms with Crippen LogP contribution in [0.4, 0.5) is 5.82 Å². The molecule has 86 valence electrons. The van der Waals surface area contributed by atoms with Crippen LogP contribution < -0.4 is 5.73 Å². The first kappa shape index (κ1) is 12.0. The third-order valence-corrected chi connectivity index (χ3v) is 2.96. The molecule has 2 N–H and O–H groups in total. The lowest BCUT2D eigenvalue weighted by Crippen LogP contribution is -1.88. The van der Waals surface area contributed by atoms with Crippen LogP contribution in [0.3, 0.4) is 0 Å². The summed E-state index contributed by atoms with van der Waals surface area (Å²) < 4.78 is 0. The fourth-order valence-electron chi connectivity index (χ4n) is 1.38. The lowest BCUT2D eigenvalue weighted by molar-refractivity contribution is 1.33. The van der Waals surface area contributed by atoms with Crippen LogP contribution in [0.5, 0.6) is 0 Å². The minimum absolute atomic E-state index is 0.501. The molecular weight excluding hydrogens is 255 g/mol. The molecule has 2 aromatic rings. The molecule has 0 saturated carbocycles. The van der Waals surface area contributed by atoms with Gasteiger partial charge in [-0.15, -0.1) is 0 Å². The van der Waals surface area contributed by atoms with Crippen molar-refractivity contribution in [3.8, 4) is 0 Å². The van der Waals surface area contributed by atoms with Gasteiger partial charge in [0.15, 0.2) is 0 Å². The molecule has 0 fully saturated rings. The molecule has 4 heteroatoms. The van der Waals surface area contributed by atoms with Crippen LogP contribution in [0.15, 0.2) is 36.5 Å². The van der Waals surface area contributed by atoms with Crippen LogP contribution in [0.1, 0.15) is 11.1 Å². The van der Waals surface area contributed by atoms with Gasteiger partial charge in [0.2, 0.25) is 0 Å². The van der Waals surface area contributed by atoms with E-state index in [2.05, 4.69) is 4.98 Å². The Morgan fingerprint density at radius 1 is 0.941 bits per heavy atom. The Hall–Kier alpha value is -1.51. The number of nitrogens with zero attached hydrogens (tertiary/aromatic N) is 1. The largest absolute Gasteiger partial charge is 0.384 e. The van der Waals surface area contributed by atoms with E-state index in [1.54, 1.807) is 18.3 Å². The first-order valence-electron chi connectivity index (χ1n) is 5.00. The van der Waals surface area contributed by atoms with Crippen molar-refractivity contribution in [2.24, 2.45) is 0 Å². The second-order valence-corrected chi connectivity index (χ2v) is 4.34. The Labute approximate surface area is 110 Å². The monoisotopic (exact) mass is 264 g/mol. The highest BCUT2D eigenvalue weighted by atomic mass is 35.5. The molecule has 1 heterocycles. The number of rotatable bonds is 2. The number of pyridine rings is 1. The average Bonchev–Trinajstić information content (AvgIpc) is 2.31. The summed E-state index contributed by atoms with van der Waals surface area (Å²) in [7, 11) is 0. The third-order valence-electron chi connectivity index (χ3n) is 2.22. The Kier molecular flexibility index (Phi) is 3.67. The second-order valence-electron chi connectivity index (χ2n) is 3.52. The Bertz CT molecular complexity index is 565. The molecule has 0 aliphatic carbocycles. The first-order chi connectivity index (χ1) is 8.15. The fraction of sp³-hybridized carbons (Fsp3) is 0. The number of halogens is 2. The second kappa shape index (κ2) is 5.21. The number of anilines is 1. The van der Waals surface area contributed by atoms with Gasteiger partial charge in [-0.05, 0) is 35.4 Å². The molecule has 1 aromatic heterocycles. The molecule has 0 unspecified atom stereocenters. The molecule has 0 atom stereocenters. The van der Waals surface area contributed by atoms with Gasteiger partial charge in [0.05, 0.1) is 10.0 Å². The summed E-state index contributed by atoms with van der Waals surface area (Å²) in [5.74, 6) is 0.501. The molecule has 2 rings (SSSR count). The smallest absolute Gasteiger partial charge is 0.123 e. The minimum Gasteiger partial charge on any atom is -0.384 e. The SMILES string of the molecule is Nc1cc(/C=C/c2ccc(Cl)c(Cl)c2)ccn1. The van der Waals surface area contributed by atoms with Crippen LogP contribution in [0.25, 0.3) is 12.2 Å². The molecule has 0 radical (unpaired) electrons. The predicted octanol–water partition coefficient (Wildman–Crippen LogP) is 4.14. The van der Waals surface area contributed by atoms with Gasteiger partial charge in [-0.2, -0.15) is 0 Å². The number of hydrogen-bond donors (Lipinski definition) is 1. The molecular formula is C13H10Cl2N2. The summed E-state index contributed by atoms with van der Waals surface area (Å²) in [5.41, 5.74) is 7.56. The molecule has 1 aromatic carbocycles. The minimum atomic E-state index is 0.501. The normalized spacial score (nSPS) is 10.9. The molecule has 0 aliphatic heterocycles. The van der Waals surface area contributed by atoms with Crippen molar-refractivity contribution >= 4 is 41.2 Å². The van der Waals surface area contributed by atoms with Crippen molar-refractivity contribution in [2.45, 2.75) is 0 Å². The van der Waals surface area contributed by atoms with Gasteiger partial charge >= 0.3 is 0 Å². The maximum Gasteiger partial charge on any atom is 0.123 e. The standard InChI is InChI=1S/C13H10Cl2N2/c14-11-4-3-9(7-12(11)15)1-2-10-5-6-17-13(16)8-10/h1-8H,(H2,16,17)/b2-1+. The summed E-state index contributed by atoms with van der Waals surface area (Å²) in [5, 5.41) is 1.10. The van der Waals surface area contributed by atoms with E-state index in [4.69, 9.17) is 28.9 Å². The van der Waals surface area contributed by atoms with E-state index in [-0.39, 0.29) is 0 Å². The Balaban J connectivity index is 2.23. The maximum absolute atomic E-state index is 5.92. The number of nitrogens with two attached hydrogens (primary N) is 1. The van der Waals surface area contributed by atoms with Gasteiger partial charge in [0, 0.05) is 6.20 Å². The Morgan fingerprint density at radius 3 is 2.29 bits per heavy atom. The highest BCUT2D eigenvalue weighted by Gasteiger charge is 1.96. The van der Waals surface area contributed by atoms with E-state index < -0.39 is 0 Å². The highest BCUT2D eigenvalue weighted by Crippen LogP contribution is 2.23. The van der Waals surface area contributed by atoms with Crippen molar-refractivity contribution in [3.63, 3.8) is 0 Å². The maximum atomic E-state index is 5.92. The molecule has 0 amide bonds. The van der Waals surface area contributed by atoms with E-state index in [1.807, 2.05) is 30.4 Å². The Morgan fingerprint density at radius 2 is 1.65 bits per heavy atom. The van der Waals surface area contributed by atoms with E-state index in [1.165, 1.54) is 0 Å². The number of nitrogen functional groups attached to an aromatic ring is 1. The topological polar surface area (TPSA) is 38.9 Å². The van der Waals surface area contributed by atoms with Crippen LogP contribution in [0, 0.1) is 0 Å². The summed E-state index contributed by atoms with van der Waals surface area (Å²) in [6.45, 7) is 0. The zero-order chi connectivity index (χ0) is 12.3. The van der Waals surface area contributed by atoms with E-state index in [0.29, 0.717) is 15.9 Å². The molecule has 17 heavy (non-hydrogen) atoms. The first-order valence-corrected chi connectivity index (χ1v) is 5.75. The van der Waals surface area contributed by atoms with Crippen LogP contribution in [-0.2, 0) is 0 Å². The number of benzene rings is 1. The lowest BCUT2D eigenvalue weighted by Gasteiger charge is -1.98. The van der Waals surface area contributed by atoms with Gasteiger partial charge in [-0.1, -0.05) is 41.4 Å². The summed E-state index contributed by atoms with van der Waals surface area (Å²) >= 11 is 11.8. The van der Waals surface area contributed by atoms with Gasteiger partial charge in [-0.3, -0.25) is 0 Å². The predicted molar refractivity (Wildman–Crippen MR) is 74.0 cm³/mol. The zero-order valence-electron chi connectivity index (χ0n) is 8.90. The zero-order valence-corrected chi connectivity index (χ0v) is 10.4. The van der Waals surface area contributed by atoms with Gasteiger partial charge in [0.1, 0.15) is 5.82 Å². The van der Waals surface area contributed by atoms with Crippen LogP contribution >= 0.6 is 23.2 Å². The third kappa shape index (κ3) is 3.22. The van der Waals surface area contributed by atoms with Crippen LogP contribution in [0.2, 0.25) is 10.0 Å². The molecule has 0 spiro atoms. The van der Waals surface area contributed by atoms with E-state index in [9.17, 15) is 0 Å². The van der Waals surface area contributed by atoms with Crippen molar-refractivity contribution < 1.29 is 0 Å². The van der Waals surface area contributed by atoms with Gasteiger partial charge in [0.25, 0.3) is 0 Å². The lowest BCUT2D eigenvalue weighted by atomic mass is 10.1. The van der Waals surface area contributed by atoms with Gasteiger partial charge in [-0.25, -0.2) is 4.98 Å². The highest BCUT2D eigenvalue weighted by molar-refractivity contribution is 6.42. The summed E-state index contributed by atoms with van der Waals surface area (Å²) in [6, 6.07) is 9.16. The fourth-order valence-corrected chi connectivity index (χ4v) is 1.68. The molecule has 0 bridgehead atoms. The summed E-state index contributed by atoms with van der Waals surface area (Å²) in [4.78, 5) is 3.93. The van der Waals surface area contributed by atoms with Crippen molar-refractivity contribution in [1.29, 1.82) is 0 Å². The van der Waals surface area contributed by atoms with Crippen LogP contribution in [-0.4, -0.2) is 4.98 Å². The molecule has 0 saturated heterocycles. The molecule has 2 nitrogen and oxygen atoms in total. The quantitative estimate of drug-likeness (QED) is 0.886.